The molecule has 0 bridgehead atoms. The number of nitriles is 2. The third kappa shape index (κ3) is 2.57. The van der Waals surface area contributed by atoms with Crippen molar-refractivity contribution in [1.82, 2.24) is 0 Å². The SMILES string of the molecule is N#CC(C#N)P(c1ccccc1)c1ccccc1. The third-order valence-corrected chi connectivity index (χ3v) is 5.03. The number of hydrogen-bond donors (Lipinski definition) is 0. The minimum absolute atomic E-state index is 0.607. The van der Waals surface area contributed by atoms with E-state index in [2.05, 4.69) is 12.1 Å². The van der Waals surface area contributed by atoms with Gasteiger partial charge < -0.3 is 0 Å². The maximum atomic E-state index is 9.16. The molecule has 0 amide bonds. The molecule has 18 heavy (non-hydrogen) atoms. The highest BCUT2D eigenvalue weighted by atomic mass is 31.1. The van der Waals surface area contributed by atoms with Crippen LogP contribution in [0.1, 0.15) is 0 Å². The summed E-state index contributed by atoms with van der Waals surface area (Å²) in [6, 6.07) is 23.8. The van der Waals surface area contributed by atoms with E-state index in [9.17, 15) is 0 Å². The van der Waals surface area contributed by atoms with Gasteiger partial charge in [-0.1, -0.05) is 60.7 Å². The van der Waals surface area contributed by atoms with E-state index in [1.807, 2.05) is 60.7 Å². The average molecular weight is 250 g/mol. The van der Waals surface area contributed by atoms with Crippen molar-refractivity contribution in [2.45, 2.75) is 5.66 Å². The van der Waals surface area contributed by atoms with Crippen LogP contribution in [0.4, 0.5) is 0 Å². The number of rotatable bonds is 3. The van der Waals surface area contributed by atoms with Gasteiger partial charge in [0.1, 0.15) is 0 Å². The van der Waals surface area contributed by atoms with Gasteiger partial charge in [-0.25, -0.2) is 0 Å². The van der Waals surface area contributed by atoms with Crippen molar-refractivity contribution in [3.63, 3.8) is 0 Å². The molecule has 0 N–H and O–H groups in total. The van der Waals surface area contributed by atoms with Crippen molar-refractivity contribution in [3.05, 3.63) is 60.7 Å². The molecule has 0 heterocycles. The fourth-order valence-corrected chi connectivity index (χ4v) is 3.88. The lowest BCUT2D eigenvalue weighted by atomic mass is 10.4. The molecule has 0 saturated carbocycles. The Kier molecular flexibility index (Phi) is 4.08. The first-order chi connectivity index (χ1) is 8.86. The van der Waals surface area contributed by atoms with E-state index in [-0.39, 0.29) is 0 Å². The Morgan fingerprint density at radius 1 is 0.722 bits per heavy atom. The summed E-state index contributed by atoms with van der Waals surface area (Å²) in [6.07, 6.45) is 0. The Labute approximate surface area is 108 Å². The fourth-order valence-electron chi connectivity index (χ4n) is 1.77. The summed E-state index contributed by atoms with van der Waals surface area (Å²) in [7, 11) is -0.937. The van der Waals surface area contributed by atoms with Crippen molar-refractivity contribution in [2.75, 3.05) is 0 Å². The Hall–Kier alpha value is -2.15. The number of benzene rings is 2. The predicted molar refractivity (Wildman–Crippen MR) is 74.1 cm³/mol. The molecule has 0 atom stereocenters. The van der Waals surface area contributed by atoms with Crippen LogP contribution in [0.25, 0.3) is 0 Å². The second-order valence-corrected chi connectivity index (χ2v) is 5.99. The highest BCUT2D eigenvalue weighted by molar-refractivity contribution is 7.74. The minimum atomic E-state index is -0.937. The van der Waals surface area contributed by atoms with Crippen molar-refractivity contribution in [3.8, 4) is 12.1 Å². The zero-order chi connectivity index (χ0) is 12.8. The Bertz CT molecular complexity index is 528. The van der Waals surface area contributed by atoms with Crippen LogP contribution in [0.5, 0.6) is 0 Å². The second kappa shape index (κ2) is 5.97. The molecule has 0 spiro atoms. The van der Waals surface area contributed by atoms with Crippen LogP contribution in [0, 0.1) is 22.7 Å². The third-order valence-electron chi connectivity index (χ3n) is 2.57. The summed E-state index contributed by atoms with van der Waals surface area (Å²) in [6.45, 7) is 0. The molecule has 0 aliphatic heterocycles. The Morgan fingerprint density at radius 2 is 1.11 bits per heavy atom. The summed E-state index contributed by atoms with van der Waals surface area (Å²) in [5.41, 5.74) is -0.607. The lowest BCUT2D eigenvalue weighted by Crippen LogP contribution is -2.19. The van der Waals surface area contributed by atoms with E-state index in [1.54, 1.807) is 0 Å². The molecular formula is C15H11N2P. The highest BCUT2D eigenvalue weighted by Gasteiger charge is 2.23. The lowest BCUT2D eigenvalue weighted by molar-refractivity contribution is 1.33. The van der Waals surface area contributed by atoms with Gasteiger partial charge in [0.25, 0.3) is 0 Å². The molecule has 0 aromatic heterocycles. The van der Waals surface area contributed by atoms with Crippen LogP contribution in [-0.2, 0) is 0 Å². The van der Waals surface area contributed by atoms with Crippen LogP contribution in [0.3, 0.4) is 0 Å². The largest absolute Gasteiger partial charge is 0.196 e. The summed E-state index contributed by atoms with van der Waals surface area (Å²) in [5.74, 6) is 0. The Morgan fingerprint density at radius 3 is 1.44 bits per heavy atom. The lowest BCUT2D eigenvalue weighted by Gasteiger charge is -2.18. The molecule has 2 rings (SSSR count). The molecule has 0 radical (unpaired) electrons. The average Bonchev–Trinajstić information content (AvgIpc) is 2.46. The van der Waals surface area contributed by atoms with Crippen LogP contribution >= 0.6 is 7.92 Å². The van der Waals surface area contributed by atoms with Gasteiger partial charge in [-0.3, -0.25) is 0 Å². The molecule has 0 aliphatic rings. The van der Waals surface area contributed by atoms with Gasteiger partial charge in [0.2, 0.25) is 0 Å². The molecule has 0 aliphatic carbocycles. The molecule has 0 unspecified atom stereocenters. The highest BCUT2D eigenvalue weighted by Crippen LogP contribution is 2.38. The predicted octanol–water partition coefficient (Wildman–Crippen LogP) is 2.54. The normalized spacial score (nSPS) is 10.0. The number of hydrogen-bond acceptors (Lipinski definition) is 2. The van der Waals surface area contributed by atoms with Crippen molar-refractivity contribution < 1.29 is 0 Å². The van der Waals surface area contributed by atoms with Gasteiger partial charge >= 0.3 is 0 Å². The van der Waals surface area contributed by atoms with Gasteiger partial charge in [0.15, 0.2) is 5.66 Å². The minimum Gasteiger partial charge on any atom is -0.196 e. The maximum Gasteiger partial charge on any atom is 0.160 e. The van der Waals surface area contributed by atoms with E-state index in [0.29, 0.717) is 0 Å². The summed E-state index contributed by atoms with van der Waals surface area (Å²) >= 11 is 0. The molecule has 2 nitrogen and oxygen atoms in total. The standard InChI is InChI=1S/C15H11N2P/c16-11-15(12-17)18(13-7-3-1-4-8-13)14-9-5-2-6-10-14/h1-10,15H. The van der Waals surface area contributed by atoms with Gasteiger partial charge in [-0.2, -0.15) is 10.5 Å². The van der Waals surface area contributed by atoms with Crippen molar-refractivity contribution in [2.24, 2.45) is 0 Å². The van der Waals surface area contributed by atoms with Gasteiger partial charge in [0, 0.05) is 0 Å². The maximum absolute atomic E-state index is 9.16. The van der Waals surface area contributed by atoms with Crippen LogP contribution < -0.4 is 10.6 Å². The van der Waals surface area contributed by atoms with Crippen molar-refractivity contribution >= 4 is 18.5 Å². The topological polar surface area (TPSA) is 47.6 Å². The van der Waals surface area contributed by atoms with E-state index in [1.165, 1.54) is 0 Å². The van der Waals surface area contributed by atoms with Gasteiger partial charge in [0.05, 0.1) is 12.1 Å². The number of nitrogens with zero attached hydrogens (tertiary/aromatic N) is 2. The first kappa shape index (κ1) is 12.3. The second-order valence-electron chi connectivity index (χ2n) is 3.70. The van der Waals surface area contributed by atoms with E-state index in [4.69, 9.17) is 10.5 Å². The van der Waals surface area contributed by atoms with E-state index >= 15 is 0 Å². The Balaban J connectivity index is 2.50. The summed E-state index contributed by atoms with van der Waals surface area (Å²) in [5, 5.41) is 20.4. The van der Waals surface area contributed by atoms with Gasteiger partial charge in [-0.05, 0) is 18.5 Å². The first-order valence-electron chi connectivity index (χ1n) is 5.55. The van der Waals surface area contributed by atoms with Crippen LogP contribution in [0.15, 0.2) is 60.7 Å². The van der Waals surface area contributed by atoms with Crippen molar-refractivity contribution in [1.29, 1.82) is 10.5 Å². The monoisotopic (exact) mass is 250 g/mol. The summed E-state index contributed by atoms with van der Waals surface area (Å²) in [4.78, 5) is 0. The first-order valence-corrected chi connectivity index (χ1v) is 6.96. The molecule has 86 valence electrons. The molecule has 2 aromatic carbocycles. The summed E-state index contributed by atoms with van der Waals surface area (Å²) < 4.78 is 0. The molecule has 0 fully saturated rings. The van der Waals surface area contributed by atoms with E-state index in [0.717, 1.165) is 10.6 Å². The van der Waals surface area contributed by atoms with Crippen LogP contribution in [0.2, 0.25) is 0 Å². The molecule has 2 aromatic rings. The molecule has 0 saturated heterocycles. The van der Waals surface area contributed by atoms with Crippen LogP contribution in [-0.4, -0.2) is 5.66 Å². The smallest absolute Gasteiger partial charge is 0.160 e. The van der Waals surface area contributed by atoms with Gasteiger partial charge in [-0.15, -0.1) is 0 Å². The molecular weight excluding hydrogens is 239 g/mol. The zero-order valence-electron chi connectivity index (χ0n) is 9.69. The molecule has 3 heteroatoms. The fraction of sp³-hybridized carbons (Fsp3) is 0.0667. The zero-order valence-corrected chi connectivity index (χ0v) is 10.6. The van der Waals surface area contributed by atoms with E-state index < -0.39 is 13.6 Å². The quantitative estimate of drug-likeness (QED) is 0.786.